The van der Waals surface area contributed by atoms with Gasteiger partial charge in [0.05, 0.1) is 6.04 Å². The van der Waals surface area contributed by atoms with E-state index in [0.717, 1.165) is 17.0 Å². The van der Waals surface area contributed by atoms with Crippen LogP contribution in [0.25, 0.3) is 0 Å². The number of aryl methyl sites for hydroxylation is 1. The Morgan fingerprint density at radius 1 is 1.35 bits per heavy atom. The molecular formula is C15H18F2N2S. The molecule has 0 aliphatic carbocycles. The molecule has 0 saturated heterocycles. The Labute approximate surface area is 121 Å². The van der Waals surface area contributed by atoms with E-state index in [1.165, 1.54) is 10.9 Å². The van der Waals surface area contributed by atoms with Gasteiger partial charge >= 0.3 is 0 Å². The van der Waals surface area contributed by atoms with Gasteiger partial charge in [0.1, 0.15) is 5.01 Å². The normalized spacial score (nSPS) is 12.8. The first-order valence-corrected chi connectivity index (χ1v) is 7.46. The fourth-order valence-corrected chi connectivity index (χ4v) is 2.77. The number of benzene rings is 1. The molecule has 1 atom stereocenters. The molecule has 1 N–H and O–H groups in total. The zero-order chi connectivity index (χ0) is 14.5. The van der Waals surface area contributed by atoms with Gasteiger partial charge < -0.3 is 5.32 Å². The van der Waals surface area contributed by atoms with Crippen LogP contribution in [0.1, 0.15) is 47.3 Å². The van der Waals surface area contributed by atoms with Gasteiger partial charge in [0, 0.05) is 23.2 Å². The molecule has 0 radical (unpaired) electrons. The molecule has 0 spiro atoms. The Hall–Kier alpha value is -1.33. The zero-order valence-electron chi connectivity index (χ0n) is 11.6. The van der Waals surface area contributed by atoms with Crippen molar-refractivity contribution in [2.24, 2.45) is 0 Å². The third-order valence-electron chi connectivity index (χ3n) is 3.11. The van der Waals surface area contributed by atoms with Crippen molar-refractivity contribution < 1.29 is 8.78 Å². The van der Waals surface area contributed by atoms with Crippen molar-refractivity contribution in [2.75, 3.05) is 0 Å². The molecule has 2 nitrogen and oxygen atoms in total. The summed E-state index contributed by atoms with van der Waals surface area (Å²) in [5.41, 5.74) is 0.932. The van der Waals surface area contributed by atoms with Crippen LogP contribution in [0.5, 0.6) is 0 Å². The summed E-state index contributed by atoms with van der Waals surface area (Å²) in [5.74, 6) is 0. The summed E-state index contributed by atoms with van der Waals surface area (Å²) in [6.45, 7) is 4.70. The number of nitrogens with one attached hydrogen (secondary N) is 1. The quantitative estimate of drug-likeness (QED) is 0.849. The molecule has 0 fully saturated rings. The van der Waals surface area contributed by atoms with E-state index in [4.69, 9.17) is 0 Å². The highest BCUT2D eigenvalue weighted by molar-refractivity contribution is 7.11. The fraction of sp³-hybridized carbons (Fsp3) is 0.400. The zero-order valence-corrected chi connectivity index (χ0v) is 12.4. The highest BCUT2D eigenvalue weighted by Crippen LogP contribution is 2.22. The smallest absolute Gasteiger partial charge is 0.263 e. The number of rotatable bonds is 6. The Morgan fingerprint density at radius 2 is 2.15 bits per heavy atom. The third-order valence-corrected chi connectivity index (χ3v) is 4.43. The monoisotopic (exact) mass is 296 g/mol. The maximum absolute atomic E-state index is 12.6. The van der Waals surface area contributed by atoms with Gasteiger partial charge in [-0.05, 0) is 25.0 Å². The Balaban J connectivity index is 1.96. The van der Waals surface area contributed by atoms with E-state index in [1.54, 1.807) is 23.5 Å². The predicted octanol–water partition coefficient (Wildman–Crippen LogP) is 4.49. The topological polar surface area (TPSA) is 24.9 Å². The van der Waals surface area contributed by atoms with E-state index in [2.05, 4.69) is 17.2 Å². The van der Waals surface area contributed by atoms with Crippen LogP contribution in [0.4, 0.5) is 8.78 Å². The van der Waals surface area contributed by atoms with Crippen LogP contribution in [0, 0.1) is 0 Å². The third kappa shape index (κ3) is 3.84. The summed E-state index contributed by atoms with van der Waals surface area (Å²) in [4.78, 5) is 5.64. The van der Waals surface area contributed by atoms with Crippen LogP contribution >= 0.6 is 11.3 Å². The van der Waals surface area contributed by atoms with Gasteiger partial charge in [0.25, 0.3) is 6.43 Å². The van der Waals surface area contributed by atoms with Crippen molar-refractivity contribution in [3.05, 3.63) is 51.5 Å². The first kappa shape index (κ1) is 15.1. The maximum atomic E-state index is 12.6. The lowest BCUT2D eigenvalue weighted by Gasteiger charge is -2.11. The lowest BCUT2D eigenvalue weighted by atomic mass is 10.1. The standard InChI is InChI=1S/C15H18F2N2S/c1-3-13-9-19-15(20-13)10(2)18-8-11-5-4-6-12(7-11)14(16)17/h4-7,9-10,14,18H,3,8H2,1-2H3. The van der Waals surface area contributed by atoms with E-state index >= 15 is 0 Å². The molecule has 0 bridgehead atoms. The maximum Gasteiger partial charge on any atom is 0.263 e. The van der Waals surface area contributed by atoms with Crippen LogP contribution in [-0.2, 0) is 13.0 Å². The Bertz CT molecular complexity index is 554. The molecule has 0 saturated carbocycles. The largest absolute Gasteiger partial charge is 0.304 e. The average Bonchev–Trinajstić information content (AvgIpc) is 2.94. The molecule has 0 amide bonds. The van der Waals surface area contributed by atoms with E-state index in [-0.39, 0.29) is 11.6 Å². The van der Waals surface area contributed by atoms with Gasteiger partial charge in [0.2, 0.25) is 0 Å². The van der Waals surface area contributed by atoms with Gasteiger partial charge in [-0.2, -0.15) is 0 Å². The molecule has 2 aromatic rings. The number of alkyl halides is 2. The van der Waals surface area contributed by atoms with Crippen molar-refractivity contribution in [1.29, 1.82) is 0 Å². The first-order chi connectivity index (χ1) is 9.60. The van der Waals surface area contributed by atoms with Crippen molar-refractivity contribution in [1.82, 2.24) is 10.3 Å². The van der Waals surface area contributed by atoms with Gasteiger partial charge in [0.15, 0.2) is 0 Å². The minimum Gasteiger partial charge on any atom is -0.304 e. The number of aromatic nitrogens is 1. The lowest BCUT2D eigenvalue weighted by Crippen LogP contribution is -2.17. The molecule has 0 aliphatic heterocycles. The molecule has 5 heteroatoms. The van der Waals surface area contributed by atoms with Crippen molar-refractivity contribution in [2.45, 2.75) is 39.3 Å². The van der Waals surface area contributed by atoms with Gasteiger partial charge in [-0.3, -0.25) is 0 Å². The molecular weight excluding hydrogens is 278 g/mol. The number of hydrogen-bond donors (Lipinski definition) is 1. The van der Waals surface area contributed by atoms with Gasteiger partial charge in [-0.1, -0.05) is 25.1 Å². The molecule has 1 aromatic carbocycles. The number of halogens is 2. The first-order valence-electron chi connectivity index (χ1n) is 6.65. The average molecular weight is 296 g/mol. The summed E-state index contributed by atoms with van der Waals surface area (Å²) in [6.07, 6.45) is 0.467. The molecule has 2 rings (SSSR count). The van der Waals surface area contributed by atoms with Crippen LogP contribution < -0.4 is 5.32 Å². The number of hydrogen-bond acceptors (Lipinski definition) is 3. The van der Waals surface area contributed by atoms with E-state index in [0.29, 0.717) is 6.54 Å². The SMILES string of the molecule is CCc1cnc(C(C)NCc2cccc(C(F)F)c2)s1. The lowest BCUT2D eigenvalue weighted by molar-refractivity contribution is 0.151. The molecule has 1 heterocycles. The van der Waals surface area contributed by atoms with Crippen molar-refractivity contribution in [3.8, 4) is 0 Å². The van der Waals surface area contributed by atoms with E-state index in [1.807, 2.05) is 19.2 Å². The highest BCUT2D eigenvalue weighted by Gasteiger charge is 2.11. The van der Waals surface area contributed by atoms with Crippen molar-refractivity contribution >= 4 is 11.3 Å². The molecule has 108 valence electrons. The second-order valence-corrected chi connectivity index (χ2v) is 5.81. The van der Waals surface area contributed by atoms with Crippen molar-refractivity contribution in [3.63, 3.8) is 0 Å². The van der Waals surface area contributed by atoms with Crippen LogP contribution in [0.15, 0.2) is 30.5 Å². The van der Waals surface area contributed by atoms with Gasteiger partial charge in [-0.25, -0.2) is 13.8 Å². The number of thiazole rings is 1. The summed E-state index contributed by atoms with van der Waals surface area (Å²) < 4.78 is 25.2. The predicted molar refractivity (Wildman–Crippen MR) is 78.1 cm³/mol. The highest BCUT2D eigenvalue weighted by atomic mass is 32.1. The number of nitrogens with zero attached hydrogens (tertiary/aromatic N) is 1. The molecule has 1 aromatic heterocycles. The van der Waals surface area contributed by atoms with Crippen LogP contribution in [0.2, 0.25) is 0 Å². The summed E-state index contributed by atoms with van der Waals surface area (Å²) in [5, 5.41) is 4.36. The fourth-order valence-electron chi connectivity index (χ4n) is 1.88. The van der Waals surface area contributed by atoms with E-state index in [9.17, 15) is 8.78 Å². The second kappa shape index (κ2) is 6.90. The molecule has 1 unspecified atom stereocenters. The minimum atomic E-state index is -2.42. The molecule has 0 aliphatic rings. The molecule has 20 heavy (non-hydrogen) atoms. The Morgan fingerprint density at radius 3 is 2.80 bits per heavy atom. The summed E-state index contributed by atoms with van der Waals surface area (Å²) in [7, 11) is 0. The van der Waals surface area contributed by atoms with Gasteiger partial charge in [-0.15, -0.1) is 11.3 Å². The summed E-state index contributed by atoms with van der Waals surface area (Å²) >= 11 is 1.69. The minimum absolute atomic E-state index is 0.0690. The van der Waals surface area contributed by atoms with E-state index < -0.39 is 6.43 Å². The second-order valence-electron chi connectivity index (χ2n) is 4.67. The van der Waals surface area contributed by atoms with Crippen LogP contribution in [0.3, 0.4) is 0 Å². The summed E-state index contributed by atoms with van der Waals surface area (Å²) in [6, 6.07) is 6.64. The Kier molecular flexibility index (Phi) is 5.20. The van der Waals surface area contributed by atoms with Crippen LogP contribution in [-0.4, -0.2) is 4.98 Å².